The van der Waals surface area contributed by atoms with Gasteiger partial charge in [0.25, 0.3) is 0 Å². The number of nitrogens with zero attached hydrogens (tertiary/aromatic N) is 1. The Kier molecular flexibility index (Phi) is 4.24. The van der Waals surface area contributed by atoms with Crippen molar-refractivity contribution >= 4 is 5.91 Å². The third kappa shape index (κ3) is 3.10. The Hall–Kier alpha value is -1.42. The molecule has 2 atom stereocenters. The number of amides is 1. The molecule has 4 heteroatoms. The standard InChI is InChI=1S/C17H23FN2O/c1-12-17(21)20(11-13-6-3-2-4-7-13)16(19-12)14-8-5-9-15(18)10-14/h5,8-10,12-13,16,19H,2-4,6-7,11H2,1H3. The molecule has 0 bridgehead atoms. The molecule has 21 heavy (non-hydrogen) atoms. The van der Waals surface area contributed by atoms with E-state index in [1.807, 2.05) is 17.9 Å². The molecule has 2 aliphatic rings. The first-order chi connectivity index (χ1) is 10.1. The van der Waals surface area contributed by atoms with Crippen LogP contribution in [0.2, 0.25) is 0 Å². The van der Waals surface area contributed by atoms with E-state index >= 15 is 0 Å². The Balaban J connectivity index is 1.78. The van der Waals surface area contributed by atoms with Crippen molar-refractivity contribution in [1.82, 2.24) is 10.2 Å². The zero-order valence-corrected chi connectivity index (χ0v) is 12.5. The summed E-state index contributed by atoms with van der Waals surface area (Å²) in [6, 6.07) is 6.37. The van der Waals surface area contributed by atoms with Gasteiger partial charge in [0.05, 0.1) is 6.04 Å². The topological polar surface area (TPSA) is 32.3 Å². The Labute approximate surface area is 125 Å². The van der Waals surface area contributed by atoms with E-state index in [0.29, 0.717) is 5.92 Å². The summed E-state index contributed by atoms with van der Waals surface area (Å²) in [7, 11) is 0. The quantitative estimate of drug-likeness (QED) is 0.927. The van der Waals surface area contributed by atoms with Crippen molar-refractivity contribution in [2.45, 2.75) is 51.2 Å². The molecule has 1 aliphatic carbocycles. The first kappa shape index (κ1) is 14.5. The van der Waals surface area contributed by atoms with E-state index in [-0.39, 0.29) is 23.9 Å². The SMILES string of the molecule is CC1NC(c2cccc(F)c2)N(CC2CCCCC2)C1=O. The number of carbonyl (C=O) groups excluding carboxylic acids is 1. The highest BCUT2D eigenvalue weighted by Crippen LogP contribution is 2.31. The third-order valence-electron chi connectivity index (χ3n) is 4.72. The number of nitrogens with one attached hydrogen (secondary N) is 1. The van der Waals surface area contributed by atoms with Crippen molar-refractivity contribution in [3.8, 4) is 0 Å². The highest BCUT2D eigenvalue weighted by molar-refractivity contribution is 5.84. The van der Waals surface area contributed by atoms with E-state index in [2.05, 4.69) is 5.32 Å². The van der Waals surface area contributed by atoms with Gasteiger partial charge in [0.1, 0.15) is 12.0 Å². The van der Waals surface area contributed by atoms with Gasteiger partial charge in [-0.05, 0) is 43.4 Å². The van der Waals surface area contributed by atoms with Crippen LogP contribution in [-0.2, 0) is 4.79 Å². The molecular formula is C17H23FN2O. The van der Waals surface area contributed by atoms with Crippen LogP contribution in [0.4, 0.5) is 4.39 Å². The van der Waals surface area contributed by atoms with Gasteiger partial charge in [0.15, 0.2) is 0 Å². The molecule has 3 nitrogen and oxygen atoms in total. The Morgan fingerprint density at radius 3 is 2.76 bits per heavy atom. The summed E-state index contributed by atoms with van der Waals surface area (Å²) >= 11 is 0. The lowest BCUT2D eigenvalue weighted by Crippen LogP contribution is -2.35. The van der Waals surface area contributed by atoms with E-state index in [9.17, 15) is 9.18 Å². The number of halogens is 1. The van der Waals surface area contributed by atoms with E-state index in [1.54, 1.807) is 6.07 Å². The lowest BCUT2D eigenvalue weighted by atomic mass is 9.88. The van der Waals surface area contributed by atoms with Gasteiger partial charge in [-0.3, -0.25) is 10.1 Å². The lowest BCUT2D eigenvalue weighted by Gasteiger charge is -2.30. The van der Waals surface area contributed by atoms with E-state index in [0.717, 1.165) is 12.1 Å². The zero-order chi connectivity index (χ0) is 14.8. The molecule has 0 spiro atoms. The first-order valence-corrected chi connectivity index (χ1v) is 7.97. The molecule has 1 amide bonds. The van der Waals surface area contributed by atoms with Gasteiger partial charge in [-0.1, -0.05) is 31.4 Å². The average Bonchev–Trinajstić information content (AvgIpc) is 2.77. The fourth-order valence-electron chi connectivity index (χ4n) is 3.57. The summed E-state index contributed by atoms with van der Waals surface area (Å²) < 4.78 is 13.5. The largest absolute Gasteiger partial charge is 0.321 e. The van der Waals surface area contributed by atoms with Crippen LogP contribution >= 0.6 is 0 Å². The van der Waals surface area contributed by atoms with Crippen LogP contribution in [0.1, 0.15) is 50.8 Å². The second kappa shape index (κ2) is 6.14. The lowest BCUT2D eigenvalue weighted by molar-refractivity contribution is -0.130. The van der Waals surface area contributed by atoms with Gasteiger partial charge in [-0.25, -0.2) is 4.39 Å². The molecule has 1 N–H and O–H groups in total. The van der Waals surface area contributed by atoms with Crippen molar-refractivity contribution < 1.29 is 9.18 Å². The highest BCUT2D eigenvalue weighted by atomic mass is 19.1. The molecule has 2 fully saturated rings. The molecule has 1 heterocycles. The number of hydrogen-bond acceptors (Lipinski definition) is 2. The Bertz CT molecular complexity index is 513. The highest BCUT2D eigenvalue weighted by Gasteiger charge is 2.38. The second-order valence-corrected chi connectivity index (χ2v) is 6.34. The smallest absolute Gasteiger partial charge is 0.241 e. The summed E-state index contributed by atoms with van der Waals surface area (Å²) in [5.74, 6) is 0.472. The van der Waals surface area contributed by atoms with E-state index in [1.165, 1.54) is 44.2 Å². The number of benzene rings is 1. The van der Waals surface area contributed by atoms with E-state index in [4.69, 9.17) is 0 Å². The van der Waals surface area contributed by atoms with E-state index < -0.39 is 0 Å². The van der Waals surface area contributed by atoms with Crippen molar-refractivity contribution in [3.63, 3.8) is 0 Å². The summed E-state index contributed by atoms with van der Waals surface area (Å²) in [6.45, 7) is 2.67. The molecule has 0 aromatic heterocycles. The number of hydrogen-bond donors (Lipinski definition) is 1. The normalized spacial score (nSPS) is 27.3. The first-order valence-electron chi connectivity index (χ1n) is 7.97. The third-order valence-corrected chi connectivity index (χ3v) is 4.72. The summed E-state index contributed by atoms with van der Waals surface area (Å²) in [4.78, 5) is 14.3. The molecule has 1 aromatic rings. The fourth-order valence-corrected chi connectivity index (χ4v) is 3.57. The van der Waals surface area contributed by atoms with Crippen LogP contribution in [0, 0.1) is 11.7 Å². The van der Waals surface area contributed by atoms with Crippen LogP contribution in [0.25, 0.3) is 0 Å². The van der Waals surface area contributed by atoms with Crippen molar-refractivity contribution in [2.24, 2.45) is 5.92 Å². The minimum absolute atomic E-state index is 0.134. The van der Waals surface area contributed by atoms with Gasteiger partial charge < -0.3 is 4.90 Å². The predicted molar refractivity (Wildman–Crippen MR) is 80.0 cm³/mol. The Morgan fingerprint density at radius 2 is 2.05 bits per heavy atom. The molecule has 1 aromatic carbocycles. The van der Waals surface area contributed by atoms with Crippen molar-refractivity contribution in [3.05, 3.63) is 35.6 Å². The predicted octanol–water partition coefficient (Wildman–Crippen LogP) is 3.22. The zero-order valence-electron chi connectivity index (χ0n) is 12.5. The van der Waals surface area contributed by atoms with Gasteiger partial charge in [-0.15, -0.1) is 0 Å². The van der Waals surface area contributed by atoms with Crippen molar-refractivity contribution in [2.75, 3.05) is 6.54 Å². The molecule has 0 radical (unpaired) electrons. The molecular weight excluding hydrogens is 267 g/mol. The molecule has 1 saturated heterocycles. The van der Waals surface area contributed by atoms with Crippen molar-refractivity contribution in [1.29, 1.82) is 0 Å². The van der Waals surface area contributed by atoms with Crippen LogP contribution in [0.15, 0.2) is 24.3 Å². The molecule has 114 valence electrons. The maximum absolute atomic E-state index is 13.5. The van der Waals surface area contributed by atoms with Gasteiger partial charge in [-0.2, -0.15) is 0 Å². The van der Waals surface area contributed by atoms with Crippen LogP contribution < -0.4 is 5.32 Å². The van der Waals surface area contributed by atoms with Gasteiger partial charge in [0.2, 0.25) is 5.91 Å². The Morgan fingerprint density at radius 1 is 1.29 bits per heavy atom. The molecule has 2 unspecified atom stereocenters. The summed E-state index contributed by atoms with van der Waals surface area (Å²) in [6.07, 6.45) is 6.06. The monoisotopic (exact) mass is 290 g/mol. The van der Waals surface area contributed by atoms with Crippen LogP contribution in [0.5, 0.6) is 0 Å². The fraction of sp³-hybridized carbons (Fsp3) is 0.588. The number of rotatable bonds is 3. The minimum Gasteiger partial charge on any atom is -0.321 e. The second-order valence-electron chi connectivity index (χ2n) is 6.34. The molecule has 1 aliphatic heterocycles. The molecule has 3 rings (SSSR count). The average molecular weight is 290 g/mol. The summed E-state index contributed by atoms with van der Waals surface area (Å²) in [5, 5.41) is 3.30. The van der Waals surface area contributed by atoms with Crippen LogP contribution in [-0.4, -0.2) is 23.4 Å². The van der Waals surface area contributed by atoms with Gasteiger partial charge in [0, 0.05) is 6.54 Å². The maximum atomic E-state index is 13.5. The van der Waals surface area contributed by atoms with Crippen LogP contribution in [0.3, 0.4) is 0 Å². The van der Waals surface area contributed by atoms with Gasteiger partial charge >= 0.3 is 0 Å². The summed E-state index contributed by atoms with van der Waals surface area (Å²) in [5.41, 5.74) is 0.837. The minimum atomic E-state index is -0.251. The molecule has 1 saturated carbocycles. The maximum Gasteiger partial charge on any atom is 0.241 e. The number of carbonyl (C=O) groups is 1.